The number of nitrogens with zero attached hydrogens (tertiary/aromatic N) is 1. The Morgan fingerprint density at radius 3 is 2.10 bits per heavy atom. The van der Waals surface area contributed by atoms with Crippen molar-refractivity contribution in [3.05, 3.63) is 70.8 Å². The number of carbonyl (C=O) groups is 3. The van der Waals surface area contributed by atoms with Crippen molar-refractivity contribution in [2.45, 2.75) is 111 Å². The van der Waals surface area contributed by atoms with Crippen LogP contribution in [0.2, 0.25) is 0 Å². The van der Waals surface area contributed by atoms with Crippen LogP contribution in [0.25, 0.3) is 0 Å². The summed E-state index contributed by atoms with van der Waals surface area (Å²) in [7, 11) is 0. The van der Waals surface area contributed by atoms with E-state index in [1.165, 1.54) is 0 Å². The smallest absolute Gasteiger partial charge is 0.408 e. The van der Waals surface area contributed by atoms with Crippen LogP contribution in [0.1, 0.15) is 89.6 Å². The average molecular weight is 538 g/mol. The number of ether oxygens (including phenoxy) is 1. The normalized spacial score (nSPS) is 13.8. The lowest BCUT2D eigenvalue weighted by Gasteiger charge is -2.38. The lowest BCUT2D eigenvalue weighted by molar-refractivity contribution is -0.144. The van der Waals surface area contributed by atoms with Gasteiger partial charge in [0, 0.05) is 18.5 Å². The van der Waals surface area contributed by atoms with Crippen LogP contribution in [0.5, 0.6) is 0 Å². The molecule has 7 nitrogen and oxygen atoms in total. The molecule has 2 aromatic rings. The van der Waals surface area contributed by atoms with Crippen molar-refractivity contribution in [2.75, 3.05) is 0 Å². The molecule has 0 aliphatic heterocycles. The fraction of sp³-hybridized carbons (Fsp3) is 0.531. The van der Waals surface area contributed by atoms with Crippen molar-refractivity contribution in [3.8, 4) is 0 Å². The lowest BCUT2D eigenvalue weighted by atomic mass is 9.96. The fourth-order valence-electron chi connectivity index (χ4n) is 4.56. The van der Waals surface area contributed by atoms with Gasteiger partial charge in [-0.1, -0.05) is 61.9 Å². The highest BCUT2D eigenvalue weighted by Crippen LogP contribution is 2.27. The van der Waals surface area contributed by atoms with Gasteiger partial charge in [0.05, 0.1) is 0 Å². The van der Waals surface area contributed by atoms with E-state index >= 15 is 0 Å². The molecular formula is C32H47N3O4. The molecule has 0 bridgehead atoms. The molecule has 39 heavy (non-hydrogen) atoms. The summed E-state index contributed by atoms with van der Waals surface area (Å²) in [4.78, 5) is 42.6. The molecule has 0 fully saturated rings. The second-order valence-corrected chi connectivity index (χ2v) is 11.7. The number of carbonyl (C=O) groups excluding carboxylic acids is 3. The quantitative estimate of drug-likeness (QED) is 0.367. The van der Waals surface area contributed by atoms with E-state index < -0.39 is 23.8 Å². The Kier molecular flexibility index (Phi) is 11.6. The predicted molar refractivity (Wildman–Crippen MR) is 156 cm³/mol. The molecule has 2 rings (SSSR count). The predicted octanol–water partition coefficient (Wildman–Crippen LogP) is 6.02. The summed E-state index contributed by atoms with van der Waals surface area (Å²) >= 11 is 0. The molecule has 0 spiro atoms. The molecule has 3 amide bonds. The Labute approximate surface area is 234 Å². The summed E-state index contributed by atoms with van der Waals surface area (Å²) in [6.07, 6.45) is 1.35. The van der Waals surface area contributed by atoms with Gasteiger partial charge >= 0.3 is 6.09 Å². The van der Waals surface area contributed by atoms with Crippen molar-refractivity contribution >= 4 is 17.9 Å². The first-order valence-electron chi connectivity index (χ1n) is 14.0. The molecule has 7 heteroatoms. The first kappa shape index (κ1) is 31.9. The SMILES string of the molecule is CCCC(C)NC(=O)C(c1ccc(C)c(C)c1)N(C(=O)C(Cc1ccccc1)NC(=O)OC(C)(C)C)C(C)C. The summed E-state index contributed by atoms with van der Waals surface area (Å²) in [5.41, 5.74) is 3.04. The summed E-state index contributed by atoms with van der Waals surface area (Å²) in [6, 6.07) is 13.2. The molecule has 2 aromatic carbocycles. The van der Waals surface area contributed by atoms with Crippen molar-refractivity contribution in [1.82, 2.24) is 15.5 Å². The van der Waals surface area contributed by atoms with Crippen LogP contribution < -0.4 is 10.6 Å². The maximum absolute atomic E-state index is 14.3. The minimum absolute atomic E-state index is 0.0411. The van der Waals surface area contributed by atoms with E-state index in [0.717, 1.165) is 35.1 Å². The van der Waals surface area contributed by atoms with Gasteiger partial charge in [0.25, 0.3) is 0 Å². The van der Waals surface area contributed by atoms with E-state index in [-0.39, 0.29) is 30.3 Å². The molecule has 0 aliphatic rings. The number of nitrogens with one attached hydrogen (secondary N) is 2. The van der Waals surface area contributed by atoms with Gasteiger partial charge in [-0.25, -0.2) is 4.79 Å². The molecule has 0 saturated carbocycles. The van der Waals surface area contributed by atoms with Crippen LogP contribution in [-0.2, 0) is 20.7 Å². The lowest BCUT2D eigenvalue weighted by Crippen LogP contribution is -2.56. The van der Waals surface area contributed by atoms with Gasteiger partial charge in [0.1, 0.15) is 17.7 Å². The van der Waals surface area contributed by atoms with Gasteiger partial charge in [-0.15, -0.1) is 0 Å². The van der Waals surface area contributed by atoms with Gasteiger partial charge in [0.2, 0.25) is 11.8 Å². The van der Waals surface area contributed by atoms with Crippen molar-refractivity contribution in [1.29, 1.82) is 0 Å². The van der Waals surface area contributed by atoms with E-state index in [4.69, 9.17) is 4.74 Å². The molecule has 0 saturated heterocycles. The Morgan fingerprint density at radius 1 is 0.923 bits per heavy atom. The zero-order chi connectivity index (χ0) is 29.3. The second kappa shape index (κ2) is 14.2. The number of rotatable bonds is 11. The molecule has 214 valence electrons. The van der Waals surface area contributed by atoms with Crippen LogP contribution in [-0.4, -0.2) is 46.5 Å². The third-order valence-corrected chi connectivity index (χ3v) is 6.57. The molecular weight excluding hydrogens is 490 g/mol. The van der Waals surface area contributed by atoms with Gasteiger partial charge in [-0.05, 0) is 84.1 Å². The average Bonchev–Trinajstić information content (AvgIpc) is 2.82. The highest BCUT2D eigenvalue weighted by Gasteiger charge is 2.38. The number of amides is 3. The summed E-state index contributed by atoms with van der Waals surface area (Å²) in [5, 5.41) is 5.92. The highest BCUT2D eigenvalue weighted by molar-refractivity contribution is 5.92. The largest absolute Gasteiger partial charge is 0.444 e. The van der Waals surface area contributed by atoms with Gasteiger partial charge < -0.3 is 20.3 Å². The minimum Gasteiger partial charge on any atom is -0.444 e. The fourth-order valence-corrected chi connectivity index (χ4v) is 4.56. The van der Waals surface area contributed by atoms with Gasteiger partial charge in [0.15, 0.2) is 0 Å². The van der Waals surface area contributed by atoms with Gasteiger partial charge in [-0.2, -0.15) is 0 Å². The highest BCUT2D eigenvalue weighted by atomic mass is 16.6. The van der Waals surface area contributed by atoms with E-state index in [0.29, 0.717) is 0 Å². The zero-order valence-corrected chi connectivity index (χ0v) is 25.1. The molecule has 0 heterocycles. The van der Waals surface area contributed by atoms with Crippen LogP contribution in [0.3, 0.4) is 0 Å². The van der Waals surface area contributed by atoms with Crippen molar-refractivity contribution in [2.24, 2.45) is 0 Å². The third-order valence-electron chi connectivity index (χ3n) is 6.57. The van der Waals surface area contributed by atoms with Crippen molar-refractivity contribution in [3.63, 3.8) is 0 Å². The molecule has 0 radical (unpaired) electrons. The van der Waals surface area contributed by atoms with E-state index in [2.05, 4.69) is 17.6 Å². The molecule has 0 aromatic heterocycles. The number of hydrogen-bond acceptors (Lipinski definition) is 4. The number of alkyl carbamates (subject to hydrolysis) is 1. The molecule has 3 atom stereocenters. The van der Waals surface area contributed by atoms with Crippen LogP contribution in [0.15, 0.2) is 48.5 Å². The first-order valence-corrected chi connectivity index (χ1v) is 14.0. The van der Waals surface area contributed by atoms with E-state index in [1.807, 2.05) is 83.1 Å². The topological polar surface area (TPSA) is 87.7 Å². The standard InChI is InChI=1S/C32H47N3O4/c1-10-14-24(6)33-29(36)28(26-18-17-22(4)23(5)19-26)35(21(2)3)30(37)27(20-25-15-12-11-13-16-25)34-31(38)39-32(7,8)9/h11-13,15-19,21,24,27-28H,10,14,20H2,1-9H3,(H,33,36)(H,34,38). The van der Waals surface area contributed by atoms with Crippen LogP contribution in [0.4, 0.5) is 4.79 Å². The van der Waals surface area contributed by atoms with Crippen molar-refractivity contribution < 1.29 is 19.1 Å². The second-order valence-electron chi connectivity index (χ2n) is 11.7. The third kappa shape index (κ3) is 9.72. The Morgan fingerprint density at radius 2 is 1.56 bits per heavy atom. The monoisotopic (exact) mass is 537 g/mol. The molecule has 3 unspecified atom stereocenters. The number of aryl methyl sites for hydroxylation is 2. The number of hydrogen-bond donors (Lipinski definition) is 2. The summed E-state index contributed by atoms with van der Waals surface area (Å²) in [5.74, 6) is -0.585. The molecule has 0 aliphatic carbocycles. The Hall–Kier alpha value is -3.35. The first-order chi connectivity index (χ1) is 18.2. The van der Waals surface area contributed by atoms with Crippen LogP contribution >= 0.6 is 0 Å². The summed E-state index contributed by atoms with van der Waals surface area (Å²) < 4.78 is 5.50. The maximum Gasteiger partial charge on any atom is 0.408 e. The summed E-state index contributed by atoms with van der Waals surface area (Å²) in [6.45, 7) is 17.2. The maximum atomic E-state index is 14.3. The Balaban J connectivity index is 2.56. The number of benzene rings is 2. The molecule has 2 N–H and O–H groups in total. The zero-order valence-electron chi connectivity index (χ0n) is 25.1. The Bertz CT molecular complexity index is 1110. The van der Waals surface area contributed by atoms with E-state index in [9.17, 15) is 14.4 Å². The van der Waals surface area contributed by atoms with E-state index in [1.54, 1.807) is 25.7 Å². The minimum atomic E-state index is -0.931. The van der Waals surface area contributed by atoms with Gasteiger partial charge in [-0.3, -0.25) is 9.59 Å². The van der Waals surface area contributed by atoms with Crippen LogP contribution in [0, 0.1) is 13.8 Å².